The van der Waals surface area contributed by atoms with Crippen LogP contribution in [0, 0.1) is 5.92 Å². The van der Waals surface area contributed by atoms with E-state index in [0.29, 0.717) is 19.4 Å². The predicted octanol–water partition coefficient (Wildman–Crippen LogP) is 3.22. The lowest BCUT2D eigenvalue weighted by atomic mass is 9.98. The maximum Gasteiger partial charge on any atom is 0.243 e. The van der Waals surface area contributed by atoms with Crippen LogP contribution < -0.4 is 5.32 Å². The summed E-state index contributed by atoms with van der Waals surface area (Å²) in [5.74, 6) is -0.504. The molecule has 28 heavy (non-hydrogen) atoms. The maximum atomic E-state index is 12.9. The second-order valence-electron chi connectivity index (χ2n) is 7.17. The van der Waals surface area contributed by atoms with Gasteiger partial charge in [0, 0.05) is 37.2 Å². The van der Waals surface area contributed by atoms with Crippen LogP contribution in [0.2, 0.25) is 0 Å². The zero-order chi connectivity index (χ0) is 19.7. The van der Waals surface area contributed by atoms with Gasteiger partial charge in [-0.3, -0.25) is 4.79 Å². The van der Waals surface area contributed by atoms with Crippen LogP contribution in [0.5, 0.6) is 0 Å². The van der Waals surface area contributed by atoms with Crippen LogP contribution in [0.4, 0.5) is 5.69 Å². The van der Waals surface area contributed by atoms with E-state index in [2.05, 4.69) is 5.32 Å². The van der Waals surface area contributed by atoms with Crippen molar-refractivity contribution in [1.29, 1.82) is 0 Å². The topological polar surface area (TPSA) is 71.4 Å². The maximum absolute atomic E-state index is 12.9. The number of aromatic nitrogens is 1. The molecule has 2 heterocycles. The molecule has 1 fully saturated rings. The number of aryl methyl sites for hydroxylation is 1. The van der Waals surface area contributed by atoms with Gasteiger partial charge in [-0.2, -0.15) is 4.31 Å². The van der Waals surface area contributed by atoms with Gasteiger partial charge in [-0.05, 0) is 43.2 Å². The van der Waals surface area contributed by atoms with Crippen LogP contribution in [0.15, 0.2) is 65.7 Å². The Morgan fingerprint density at radius 1 is 1.07 bits per heavy atom. The number of carbonyl (C=O) groups excluding carboxylic acids is 1. The molecule has 0 bridgehead atoms. The molecule has 1 atom stereocenters. The van der Waals surface area contributed by atoms with Crippen molar-refractivity contribution in [2.45, 2.75) is 17.7 Å². The molecule has 1 aliphatic heterocycles. The van der Waals surface area contributed by atoms with Crippen LogP contribution in [-0.2, 0) is 21.9 Å². The number of fused-ring (bicyclic) bond motifs is 1. The molecular weight excluding hydrogens is 374 g/mol. The second-order valence-corrected chi connectivity index (χ2v) is 9.11. The third-order valence-electron chi connectivity index (χ3n) is 5.32. The van der Waals surface area contributed by atoms with Gasteiger partial charge in [0.25, 0.3) is 0 Å². The zero-order valence-corrected chi connectivity index (χ0v) is 16.5. The first kappa shape index (κ1) is 18.7. The molecule has 2 aromatic carbocycles. The number of amides is 1. The van der Waals surface area contributed by atoms with Crippen LogP contribution in [0.25, 0.3) is 10.9 Å². The van der Waals surface area contributed by atoms with Crippen LogP contribution in [-0.4, -0.2) is 36.3 Å². The minimum atomic E-state index is -3.58. The Balaban J connectivity index is 1.52. The quantitative estimate of drug-likeness (QED) is 0.735. The second kappa shape index (κ2) is 7.41. The van der Waals surface area contributed by atoms with Gasteiger partial charge in [0.2, 0.25) is 15.9 Å². The Labute approximate surface area is 164 Å². The number of benzene rings is 2. The summed E-state index contributed by atoms with van der Waals surface area (Å²) in [6.07, 6.45) is 3.30. The smallest absolute Gasteiger partial charge is 0.243 e. The van der Waals surface area contributed by atoms with E-state index in [4.69, 9.17) is 0 Å². The van der Waals surface area contributed by atoms with E-state index < -0.39 is 10.0 Å². The predicted molar refractivity (Wildman–Crippen MR) is 109 cm³/mol. The molecule has 3 aromatic rings. The Bertz CT molecular complexity index is 1110. The van der Waals surface area contributed by atoms with Crippen molar-refractivity contribution in [2.75, 3.05) is 18.4 Å². The number of nitrogens with zero attached hydrogens (tertiary/aromatic N) is 2. The average molecular weight is 398 g/mol. The number of hydrogen-bond donors (Lipinski definition) is 1. The van der Waals surface area contributed by atoms with E-state index in [0.717, 1.165) is 16.6 Å². The molecular formula is C21H23N3O3S. The van der Waals surface area contributed by atoms with Crippen molar-refractivity contribution in [2.24, 2.45) is 13.0 Å². The van der Waals surface area contributed by atoms with Crippen molar-refractivity contribution in [3.8, 4) is 0 Å². The van der Waals surface area contributed by atoms with Crippen molar-refractivity contribution < 1.29 is 13.2 Å². The number of nitrogens with one attached hydrogen (secondary N) is 1. The monoisotopic (exact) mass is 397 g/mol. The van der Waals surface area contributed by atoms with Gasteiger partial charge in [0.05, 0.1) is 16.5 Å². The number of anilines is 1. The number of carbonyl (C=O) groups is 1. The number of piperidine rings is 1. The fourth-order valence-electron chi connectivity index (χ4n) is 3.76. The largest absolute Gasteiger partial charge is 0.350 e. The first-order valence-electron chi connectivity index (χ1n) is 9.37. The lowest BCUT2D eigenvalue weighted by molar-refractivity contribution is -0.120. The van der Waals surface area contributed by atoms with E-state index in [-0.39, 0.29) is 23.3 Å². The number of sulfonamides is 1. The van der Waals surface area contributed by atoms with Gasteiger partial charge in [0.1, 0.15) is 0 Å². The van der Waals surface area contributed by atoms with Crippen molar-refractivity contribution in [1.82, 2.24) is 8.87 Å². The lowest BCUT2D eigenvalue weighted by Crippen LogP contribution is -2.43. The fourth-order valence-corrected chi connectivity index (χ4v) is 5.31. The van der Waals surface area contributed by atoms with E-state index in [1.807, 2.05) is 42.1 Å². The number of hydrogen-bond acceptors (Lipinski definition) is 3. The standard InChI is InChI=1S/C21H23N3O3S/c1-23-14-12-18-19(10-5-11-20(18)23)22-21(25)16-7-6-13-24(15-16)28(26,27)17-8-3-2-4-9-17/h2-5,8-12,14,16H,6-7,13,15H2,1H3,(H,22,25)/t16-/m1/s1. The highest BCUT2D eigenvalue weighted by atomic mass is 32.2. The summed E-state index contributed by atoms with van der Waals surface area (Å²) >= 11 is 0. The molecule has 1 amide bonds. The first-order chi connectivity index (χ1) is 13.5. The van der Waals surface area contributed by atoms with Gasteiger partial charge < -0.3 is 9.88 Å². The van der Waals surface area contributed by atoms with Gasteiger partial charge in [0.15, 0.2) is 0 Å². The molecule has 6 nitrogen and oxygen atoms in total. The number of rotatable bonds is 4. The van der Waals surface area contributed by atoms with E-state index >= 15 is 0 Å². The normalized spacial score (nSPS) is 18.2. The van der Waals surface area contributed by atoms with Crippen LogP contribution in [0.3, 0.4) is 0 Å². The molecule has 1 aromatic heterocycles. The van der Waals surface area contributed by atoms with Gasteiger partial charge in [-0.1, -0.05) is 24.3 Å². The Morgan fingerprint density at radius 2 is 1.86 bits per heavy atom. The molecule has 0 spiro atoms. The summed E-state index contributed by atoms with van der Waals surface area (Å²) in [4.78, 5) is 13.2. The van der Waals surface area contributed by atoms with Crippen molar-refractivity contribution >= 4 is 32.5 Å². The average Bonchev–Trinajstić information content (AvgIpc) is 3.11. The van der Waals surface area contributed by atoms with Crippen molar-refractivity contribution in [3.63, 3.8) is 0 Å². The molecule has 1 saturated heterocycles. The highest BCUT2D eigenvalue weighted by Crippen LogP contribution is 2.27. The molecule has 1 N–H and O–H groups in total. The van der Waals surface area contributed by atoms with E-state index in [9.17, 15) is 13.2 Å². The minimum Gasteiger partial charge on any atom is -0.350 e. The third-order valence-corrected chi connectivity index (χ3v) is 7.20. The Hall–Kier alpha value is -2.64. The lowest BCUT2D eigenvalue weighted by Gasteiger charge is -2.31. The molecule has 7 heteroatoms. The summed E-state index contributed by atoms with van der Waals surface area (Å²) in [6.45, 7) is 0.642. The van der Waals surface area contributed by atoms with Gasteiger partial charge in [-0.15, -0.1) is 0 Å². The first-order valence-corrected chi connectivity index (χ1v) is 10.8. The molecule has 0 saturated carbocycles. The fraction of sp³-hybridized carbons (Fsp3) is 0.286. The van der Waals surface area contributed by atoms with E-state index in [1.54, 1.807) is 30.3 Å². The van der Waals surface area contributed by atoms with Crippen LogP contribution >= 0.6 is 0 Å². The SMILES string of the molecule is Cn1ccc2c(NC(=O)[C@@H]3CCCN(S(=O)(=O)c4ccccc4)C3)cccc21. The van der Waals surface area contributed by atoms with Gasteiger partial charge in [-0.25, -0.2) is 8.42 Å². The molecule has 0 aliphatic carbocycles. The zero-order valence-electron chi connectivity index (χ0n) is 15.7. The summed E-state index contributed by atoms with van der Waals surface area (Å²) in [7, 11) is -1.62. The molecule has 0 radical (unpaired) electrons. The summed E-state index contributed by atoms with van der Waals surface area (Å²) < 4.78 is 29.2. The highest BCUT2D eigenvalue weighted by molar-refractivity contribution is 7.89. The highest BCUT2D eigenvalue weighted by Gasteiger charge is 2.33. The molecule has 1 aliphatic rings. The molecule has 146 valence electrons. The third kappa shape index (κ3) is 3.43. The van der Waals surface area contributed by atoms with Crippen LogP contribution in [0.1, 0.15) is 12.8 Å². The molecule has 0 unspecified atom stereocenters. The van der Waals surface area contributed by atoms with Crippen molar-refractivity contribution in [3.05, 3.63) is 60.8 Å². The molecule has 4 rings (SSSR count). The Kier molecular flexibility index (Phi) is 4.95. The van der Waals surface area contributed by atoms with Gasteiger partial charge >= 0.3 is 0 Å². The van der Waals surface area contributed by atoms with E-state index in [1.165, 1.54) is 4.31 Å². The summed E-state index contributed by atoms with van der Waals surface area (Å²) in [5.41, 5.74) is 1.79. The minimum absolute atomic E-state index is 0.135. The summed E-state index contributed by atoms with van der Waals surface area (Å²) in [5, 5.41) is 3.98. The summed E-state index contributed by atoms with van der Waals surface area (Å²) in [6, 6.07) is 16.1. The Morgan fingerprint density at radius 3 is 2.64 bits per heavy atom.